The number of hydrogen-bond donors (Lipinski definition) is 2. The lowest BCUT2D eigenvalue weighted by Gasteiger charge is -2.27. The molecule has 248 valence electrons. The number of esters is 1. The normalized spacial score (nSPS) is 23.7. The number of aromatic nitrogens is 4. The van der Waals surface area contributed by atoms with Crippen LogP contribution < -0.4 is 9.26 Å². The number of rotatable bonds is 11. The van der Waals surface area contributed by atoms with Crippen molar-refractivity contribution in [2.45, 2.75) is 65.6 Å². The lowest BCUT2D eigenvalue weighted by molar-refractivity contribution is -0.150. The van der Waals surface area contributed by atoms with Crippen molar-refractivity contribution in [3.8, 4) is 11.6 Å². The van der Waals surface area contributed by atoms with Crippen LogP contribution in [0.15, 0.2) is 48.8 Å². The average molecular weight is 657 g/mol. The number of aliphatic hydroxyl groups is 2. The predicted molar refractivity (Wildman–Crippen MR) is 170 cm³/mol. The summed E-state index contributed by atoms with van der Waals surface area (Å²) in [5.41, 5.74) is -1.41. The molecule has 6 atom stereocenters. The first kappa shape index (κ1) is 33.7. The summed E-state index contributed by atoms with van der Waals surface area (Å²) in [5.74, 6) is -0.418. The number of benzene rings is 2. The molecule has 0 spiro atoms. The topological polar surface area (TPSA) is 164 Å². The van der Waals surface area contributed by atoms with Crippen molar-refractivity contribution in [1.29, 1.82) is 0 Å². The Morgan fingerprint density at radius 1 is 1.17 bits per heavy atom. The number of aliphatic hydroxyl groups excluding tert-OH is 1. The minimum atomic E-state index is -4.11. The summed E-state index contributed by atoms with van der Waals surface area (Å²) in [7, 11) is -2.65. The maximum atomic E-state index is 14.5. The first-order valence-corrected chi connectivity index (χ1v) is 16.7. The van der Waals surface area contributed by atoms with Crippen LogP contribution in [0.1, 0.15) is 46.7 Å². The van der Waals surface area contributed by atoms with Gasteiger partial charge < -0.3 is 28.9 Å². The van der Waals surface area contributed by atoms with E-state index in [2.05, 4.69) is 15.0 Å². The standard InChI is InChI=1S/C32H41N4O9P/c1-19(29(38)42-17-31(3,4)5)16-46(40,45-23-14-10-12-21-11-8-9-13-22(21)23)43-15-24-26(37)32(6,39)30(44-24)36-18-33-25-27(36)34-20(2)35-28(25)41-7/h8-14,18-19,24,26,30,37,39H,15-17H2,1-7H3/t19?,24-,26?,30-,32+,46?/m1/s1. The Morgan fingerprint density at radius 3 is 2.61 bits per heavy atom. The molecule has 0 aliphatic carbocycles. The third-order valence-electron chi connectivity index (χ3n) is 7.67. The molecule has 0 radical (unpaired) electrons. The third kappa shape index (κ3) is 7.03. The van der Waals surface area contributed by atoms with Gasteiger partial charge in [0, 0.05) is 5.39 Å². The van der Waals surface area contributed by atoms with Gasteiger partial charge in [0.05, 0.1) is 38.7 Å². The van der Waals surface area contributed by atoms with Crippen LogP contribution in [0, 0.1) is 18.3 Å². The van der Waals surface area contributed by atoms with Gasteiger partial charge in [-0.2, -0.15) is 4.98 Å². The van der Waals surface area contributed by atoms with Crippen molar-refractivity contribution in [1.82, 2.24) is 19.5 Å². The summed E-state index contributed by atoms with van der Waals surface area (Å²) in [6.45, 7) is 10.3. The molecule has 1 aliphatic heterocycles. The summed E-state index contributed by atoms with van der Waals surface area (Å²) in [5, 5.41) is 24.2. The molecule has 4 aromatic rings. The highest BCUT2D eigenvalue weighted by atomic mass is 31.2. The summed E-state index contributed by atoms with van der Waals surface area (Å²) >= 11 is 0. The highest BCUT2D eigenvalue weighted by Gasteiger charge is 2.54. The lowest BCUT2D eigenvalue weighted by Crippen LogP contribution is -2.44. The molecule has 0 amide bonds. The van der Waals surface area contributed by atoms with Gasteiger partial charge in [-0.3, -0.25) is 13.9 Å². The second-order valence-electron chi connectivity index (χ2n) is 13.0. The van der Waals surface area contributed by atoms with E-state index in [9.17, 15) is 19.6 Å². The minimum Gasteiger partial charge on any atom is -0.479 e. The summed E-state index contributed by atoms with van der Waals surface area (Å²) in [6, 6.07) is 12.8. The van der Waals surface area contributed by atoms with Crippen molar-refractivity contribution in [2.75, 3.05) is 26.5 Å². The smallest absolute Gasteiger partial charge is 0.380 e. The average Bonchev–Trinajstić information content (AvgIpc) is 3.51. The van der Waals surface area contributed by atoms with E-state index in [0.29, 0.717) is 28.1 Å². The van der Waals surface area contributed by atoms with Gasteiger partial charge in [-0.05, 0) is 30.7 Å². The molecular formula is C32H41N4O9P. The molecule has 0 saturated carbocycles. The molecule has 5 rings (SSSR count). The maximum absolute atomic E-state index is 14.5. The maximum Gasteiger partial charge on any atom is 0.380 e. The zero-order valence-corrected chi connectivity index (χ0v) is 27.9. The van der Waals surface area contributed by atoms with Crippen LogP contribution in [-0.2, 0) is 23.4 Å². The molecular weight excluding hydrogens is 615 g/mol. The Hall–Kier alpha value is -3.61. The van der Waals surface area contributed by atoms with E-state index in [-0.39, 0.29) is 24.1 Å². The van der Waals surface area contributed by atoms with E-state index in [1.54, 1.807) is 26.0 Å². The molecule has 0 bridgehead atoms. The third-order valence-corrected chi connectivity index (χ3v) is 9.68. The second kappa shape index (κ2) is 12.9. The van der Waals surface area contributed by atoms with Gasteiger partial charge in [-0.1, -0.05) is 64.1 Å². The number of imidazole rings is 1. The Balaban J connectivity index is 1.40. The fraction of sp³-hybridized carbons (Fsp3) is 0.500. The van der Waals surface area contributed by atoms with Gasteiger partial charge in [0.2, 0.25) is 5.88 Å². The molecule has 3 unspecified atom stereocenters. The fourth-order valence-electron chi connectivity index (χ4n) is 5.25. The molecule has 1 fully saturated rings. The molecule has 3 heterocycles. The molecule has 2 N–H and O–H groups in total. The van der Waals surface area contributed by atoms with Crippen molar-refractivity contribution in [3.05, 3.63) is 54.6 Å². The Labute approximate surface area is 267 Å². The molecule has 13 nitrogen and oxygen atoms in total. The number of aryl methyl sites for hydroxylation is 1. The van der Waals surface area contributed by atoms with E-state index in [1.165, 1.54) is 24.9 Å². The summed E-state index contributed by atoms with van der Waals surface area (Å²) < 4.78 is 44.9. The van der Waals surface area contributed by atoms with Gasteiger partial charge in [0.25, 0.3) is 0 Å². The van der Waals surface area contributed by atoms with Crippen LogP contribution >= 0.6 is 7.60 Å². The monoisotopic (exact) mass is 656 g/mol. The van der Waals surface area contributed by atoms with Crippen molar-refractivity contribution < 1.29 is 42.8 Å². The van der Waals surface area contributed by atoms with Crippen LogP contribution in [0.5, 0.6) is 11.6 Å². The van der Waals surface area contributed by atoms with Crippen LogP contribution in [0.4, 0.5) is 0 Å². The second-order valence-corrected chi connectivity index (χ2v) is 15.1. The van der Waals surface area contributed by atoms with Crippen LogP contribution in [0.2, 0.25) is 0 Å². The summed E-state index contributed by atoms with van der Waals surface area (Å²) in [4.78, 5) is 25.9. The predicted octanol–water partition coefficient (Wildman–Crippen LogP) is 4.82. The molecule has 2 aromatic heterocycles. The van der Waals surface area contributed by atoms with Crippen LogP contribution in [0.25, 0.3) is 21.9 Å². The number of hydrogen-bond acceptors (Lipinski definition) is 12. The fourth-order valence-corrected chi connectivity index (χ4v) is 7.14. The molecule has 14 heteroatoms. The molecule has 1 aliphatic rings. The van der Waals surface area contributed by atoms with Crippen molar-refractivity contribution >= 4 is 35.5 Å². The van der Waals surface area contributed by atoms with Gasteiger partial charge in [-0.25, -0.2) is 14.5 Å². The van der Waals surface area contributed by atoms with Crippen molar-refractivity contribution in [3.63, 3.8) is 0 Å². The quantitative estimate of drug-likeness (QED) is 0.167. The molecule has 46 heavy (non-hydrogen) atoms. The van der Waals surface area contributed by atoms with E-state index in [1.807, 2.05) is 51.1 Å². The SMILES string of the molecule is COc1nc(C)nc2c1ncn2[C@@H]1O[C@H](COP(=O)(CC(C)C(=O)OCC(C)(C)C)Oc2cccc3ccccc23)C(O)[C@]1(C)O. The van der Waals surface area contributed by atoms with Crippen LogP contribution in [-0.4, -0.2) is 80.0 Å². The number of nitrogens with zero attached hydrogens (tertiary/aromatic N) is 4. The van der Waals surface area contributed by atoms with Gasteiger partial charge >= 0.3 is 13.6 Å². The van der Waals surface area contributed by atoms with Crippen LogP contribution in [0.3, 0.4) is 0 Å². The number of carbonyl (C=O) groups is 1. The number of methoxy groups -OCH3 is 1. The first-order valence-electron chi connectivity index (χ1n) is 15.0. The highest BCUT2D eigenvalue weighted by Crippen LogP contribution is 2.52. The van der Waals surface area contributed by atoms with Crippen molar-refractivity contribution in [2.24, 2.45) is 11.3 Å². The largest absolute Gasteiger partial charge is 0.479 e. The van der Waals surface area contributed by atoms with E-state index >= 15 is 0 Å². The first-order chi connectivity index (χ1) is 21.6. The van der Waals surface area contributed by atoms with E-state index in [0.717, 1.165) is 5.39 Å². The Bertz CT molecular complexity index is 1760. The number of ether oxygens (including phenoxy) is 3. The zero-order valence-electron chi connectivity index (χ0n) is 27.0. The van der Waals surface area contributed by atoms with Gasteiger partial charge in [0.1, 0.15) is 29.4 Å². The number of fused-ring (bicyclic) bond motifs is 2. The van der Waals surface area contributed by atoms with Gasteiger partial charge in [0.15, 0.2) is 17.4 Å². The molecule has 2 aromatic carbocycles. The van der Waals surface area contributed by atoms with E-state index < -0.39 is 50.1 Å². The van der Waals surface area contributed by atoms with E-state index in [4.69, 9.17) is 23.3 Å². The van der Waals surface area contributed by atoms with Gasteiger partial charge in [-0.15, -0.1) is 0 Å². The Morgan fingerprint density at radius 2 is 1.89 bits per heavy atom. The highest BCUT2D eigenvalue weighted by molar-refractivity contribution is 7.54. The molecule has 1 saturated heterocycles. The lowest BCUT2D eigenvalue weighted by atomic mass is 9.96. The minimum absolute atomic E-state index is 0.184. The number of carbonyl (C=O) groups excluding carboxylic acids is 1. The Kier molecular flexibility index (Phi) is 9.45. The zero-order chi connectivity index (χ0) is 33.4. The summed E-state index contributed by atoms with van der Waals surface area (Å²) in [6.07, 6.45) is -2.65.